The van der Waals surface area contributed by atoms with Crippen molar-refractivity contribution in [3.8, 4) is 11.8 Å². The Bertz CT molecular complexity index is 544. The number of nitrogens with one attached hydrogen (secondary N) is 1. The fourth-order valence-corrected chi connectivity index (χ4v) is 2.12. The van der Waals surface area contributed by atoms with Gasteiger partial charge in [0.2, 0.25) is 0 Å². The summed E-state index contributed by atoms with van der Waals surface area (Å²) >= 11 is 0. The fourth-order valence-electron chi connectivity index (χ4n) is 1.49. The molecule has 0 aliphatic heterocycles. The zero-order chi connectivity index (χ0) is 14.5. The van der Waals surface area contributed by atoms with E-state index in [0.717, 1.165) is 6.26 Å². The molecule has 0 saturated heterocycles. The molecule has 5 nitrogen and oxygen atoms in total. The smallest absolute Gasteiger partial charge is 0.175 e. The van der Waals surface area contributed by atoms with Crippen molar-refractivity contribution in [2.24, 2.45) is 0 Å². The van der Waals surface area contributed by atoms with Crippen LogP contribution in [0.4, 0.5) is 0 Å². The molecule has 0 aromatic heterocycles. The van der Waals surface area contributed by atoms with Gasteiger partial charge in [0, 0.05) is 12.3 Å². The highest BCUT2D eigenvalue weighted by Gasteiger charge is 2.10. The first-order valence-electron chi connectivity index (χ1n) is 5.91. The van der Waals surface area contributed by atoms with E-state index in [1.54, 1.807) is 12.1 Å². The van der Waals surface area contributed by atoms with Gasteiger partial charge in [0.25, 0.3) is 0 Å². The second-order valence-electron chi connectivity index (χ2n) is 4.56. The lowest BCUT2D eigenvalue weighted by Gasteiger charge is -2.15. The molecule has 0 bridgehead atoms. The maximum Gasteiger partial charge on any atom is 0.175 e. The molecule has 0 radical (unpaired) electrons. The van der Waals surface area contributed by atoms with Gasteiger partial charge in [-0.25, -0.2) is 8.42 Å². The first kappa shape index (κ1) is 15.5. The number of sulfone groups is 1. The third kappa shape index (κ3) is 5.28. The minimum atomic E-state index is -3.19. The van der Waals surface area contributed by atoms with E-state index in [1.807, 2.05) is 13.8 Å². The van der Waals surface area contributed by atoms with Crippen molar-refractivity contribution >= 4 is 9.84 Å². The van der Waals surface area contributed by atoms with E-state index >= 15 is 0 Å². The lowest BCUT2D eigenvalue weighted by Crippen LogP contribution is -2.37. The monoisotopic (exact) mass is 282 g/mol. The predicted octanol–water partition coefficient (Wildman–Crippen LogP) is 1.36. The summed E-state index contributed by atoms with van der Waals surface area (Å²) in [6.07, 6.45) is 1.15. The molecule has 0 aliphatic carbocycles. The average Bonchev–Trinajstić information content (AvgIpc) is 2.33. The molecule has 0 fully saturated rings. The topological polar surface area (TPSA) is 79.2 Å². The maximum absolute atomic E-state index is 11.3. The second-order valence-corrected chi connectivity index (χ2v) is 6.57. The molecule has 0 aliphatic rings. The van der Waals surface area contributed by atoms with Crippen molar-refractivity contribution in [1.82, 2.24) is 5.32 Å². The minimum absolute atomic E-state index is 0.195. The van der Waals surface area contributed by atoms with Gasteiger partial charge >= 0.3 is 0 Å². The number of nitrogens with zero attached hydrogens (tertiary/aromatic N) is 1. The Hall–Kier alpha value is -1.58. The second kappa shape index (κ2) is 6.55. The Balaban J connectivity index is 2.62. The Kier molecular flexibility index (Phi) is 5.33. The van der Waals surface area contributed by atoms with Crippen LogP contribution in [0, 0.1) is 11.3 Å². The van der Waals surface area contributed by atoms with Crippen LogP contribution >= 0.6 is 0 Å². The van der Waals surface area contributed by atoms with Gasteiger partial charge in [-0.2, -0.15) is 5.26 Å². The standard InChI is InChI=1S/C13H18N2O3S/c1-10(2)15-11(8-14)9-18-12-4-6-13(7-5-12)19(3,16)17/h4-7,10-11,15H,9H2,1-3H3. The summed E-state index contributed by atoms with van der Waals surface area (Å²) in [6, 6.07) is 8.05. The number of ether oxygens (including phenoxy) is 1. The van der Waals surface area contributed by atoms with Crippen LogP contribution in [0.5, 0.6) is 5.75 Å². The molecule has 0 heterocycles. The summed E-state index contributed by atoms with van der Waals surface area (Å²) in [7, 11) is -3.19. The Morgan fingerprint density at radius 1 is 1.32 bits per heavy atom. The van der Waals surface area contributed by atoms with E-state index in [2.05, 4.69) is 11.4 Å². The van der Waals surface area contributed by atoms with Crippen molar-refractivity contribution < 1.29 is 13.2 Å². The van der Waals surface area contributed by atoms with Gasteiger partial charge in [-0.15, -0.1) is 0 Å². The van der Waals surface area contributed by atoms with Crippen LogP contribution < -0.4 is 10.1 Å². The molecule has 6 heteroatoms. The first-order chi connectivity index (χ1) is 8.82. The molecule has 0 saturated carbocycles. The molecule has 1 atom stereocenters. The number of hydrogen-bond donors (Lipinski definition) is 1. The lowest BCUT2D eigenvalue weighted by atomic mass is 10.3. The van der Waals surface area contributed by atoms with E-state index in [-0.39, 0.29) is 17.5 Å². The van der Waals surface area contributed by atoms with Gasteiger partial charge in [-0.3, -0.25) is 5.32 Å². The molecular formula is C13H18N2O3S. The highest BCUT2D eigenvalue weighted by atomic mass is 32.2. The molecule has 1 rings (SSSR count). The van der Waals surface area contributed by atoms with Crippen molar-refractivity contribution in [2.45, 2.75) is 30.8 Å². The highest BCUT2D eigenvalue weighted by molar-refractivity contribution is 7.90. The molecule has 0 amide bonds. The zero-order valence-corrected chi connectivity index (χ0v) is 12.1. The van der Waals surface area contributed by atoms with Crippen LogP contribution in [0.25, 0.3) is 0 Å². The number of rotatable bonds is 6. The Morgan fingerprint density at radius 3 is 2.32 bits per heavy atom. The van der Waals surface area contributed by atoms with E-state index in [4.69, 9.17) is 10.00 Å². The van der Waals surface area contributed by atoms with Crippen LogP contribution in [-0.2, 0) is 9.84 Å². The van der Waals surface area contributed by atoms with E-state index < -0.39 is 15.9 Å². The van der Waals surface area contributed by atoms with E-state index in [1.165, 1.54) is 12.1 Å². The molecule has 1 aromatic rings. The highest BCUT2D eigenvalue weighted by Crippen LogP contribution is 2.15. The van der Waals surface area contributed by atoms with Gasteiger partial charge in [-0.05, 0) is 38.1 Å². The summed E-state index contributed by atoms with van der Waals surface area (Å²) < 4.78 is 28.0. The summed E-state index contributed by atoms with van der Waals surface area (Å²) in [4.78, 5) is 0.247. The van der Waals surface area contributed by atoms with Gasteiger partial charge in [-0.1, -0.05) is 0 Å². The normalized spacial score (nSPS) is 13.0. The molecule has 104 valence electrons. The van der Waals surface area contributed by atoms with E-state index in [0.29, 0.717) is 5.75 Å². The minimum Gasteiger partial charge on any atom is -0.491 e. The summed E-state index contributed by atoms with van der Waals surface area (Å²) in [5.41, 5.74) is 0. The fraction of sp³-hybridized carbons (Fsp3) is 0.462. The largest absolute Gasteiger partial charge is 0.491 e. The van der Waals surface area contributed by atoms with Crippen LogP contribution in [0.1, 0.15) is 13.8 Å². The third-order valence-electron chi connectivity index (χ3n) is 2.36. The maximum atomic E-state index is 11.3. The van der Waals surface area contributed by atoms with Gasteiger partial charge in [0.05, 0.1) is 11.0 Å². The molecular weight excluding hydrogens is 264 g/mol. The number of nitriles is 1. The molecule has 1 N–H and O–H groups in total. The molecule has 19 heavy (non-hydrogen) atoms. The van der Waals surface area contributed by atoms with Crippen molar-refractivity contribution in [3.05, 3.63) is 24.3 Å². The van der Waals surface area contributed by atoms with E-state index in [9.17, 15) is 8.42 Å². The SMILES string of the molecule is CC(C)NC(C#N)COc1ccc(S(C)(=O)=O)cc1. The molecule has 0 spiro atoms. The Morgan fingerprint density at radius 2 is 1.89 bits per heavy atom. The number of benzene rings is 1. The molecule has 1 aromatic carbocycles. The van der Waals surface area contributed by atoms with Crippen molar-refractivity contribution in [3.63, 3.8) is 0 Å². The first-order valence-corrected chi connectivity index (χ1v) is 7.80. The van der Waals surface area contributed by atoms with Crippen molar-refractivity contribution in [1.29, 1.82) is 5.26 Å². The van der Waals surface area contributed by atoms with Gasteiger partial charge in [0.1, 0.15) is 18.4 Å². The van der Waals surface area contributed by atoms with Crippen LogP contribution in [0.3, 0.4) is 0 Å². The summed E-state index contributed by atoms with van der Waals surface area (Å²) in [6.45, 7) is 4.11. The van der Waals surface area contributed by atoms with Crippen LogP contribution in [0.15, 0.2) is 29.2 Å². The summed E-state index contributed by atoms with van der Waals surface area (Å²) in [5.74, 6) is 0.540. The quantitative estimate of drug-likeness (QED) is 0.852. The van der Waals surface area contributed by atoms with Crippen molar-refractivity contribution in [2.75, 3.05) is 12.9 Å². The van der Waals surface area contributed by atoms with Crippen LogP contribution in [-0.4, -0.2) is 33.4 Å². The van der Waals surface area contributed by atoms with Gasteiger partial charge in [0.15, 0.2) is 9.84 Å². The molecule has 1 unspecified atom stereocenters. The number of hydrogen-bond acceptors (Lipinski definition) is 5. The lowest BCUT2D eigenvalue weighted by molar-refractivity contribution is 0.282. The average molecular weight is 282 g/mol. The predicted molar refractivity (Wildman–Crippen MR) is 72.7 cm³/mol. The summed E-state index contributed by atoms with van der Waals surface area (Å²) in [5, 5.41) is 12.0. The van der Waals surface area contributed by atoms with Gasteiger partial charge < -0.3 is 4.74 Å². The third-order valence-corrected chi connectivity index (χ3v) is 3.49. The van der Waals surface area contributed by atoms with Crippen LogP contribution in [0.2, 0.25) is 0 Å². The Labute approximate surface area is 114 Å². The zero-order valence-electron chi connectivity index (χ0n) is 11.3.